The number of hydrogen-bond donors (Lipinski definition) is 2. The van der Waals surface area contributed by atoms with E-state index in [-0.39, 0.29) is 38.6 Å². The zero-order chi connectivity index (χ0) is 66.5. The molecule has 0 aromatic heterocycles. The highest BCUT2D eigenvalue weighted by atomic mass is 31.2. The van der Waals surface area contributed by atoms with Crippen LogP contribution in [0.3, 0.4) is 0 Å². The summed E-state index contributed by atoms with van der Waals surface area (Å²) in [5.74, 6) is -0.823. The van der Waals surface area contributed by atoms with Gasteiger partial charge in [0.25, 0.3) is 0 Å². The summed E-state index contributed by atoms with van der Waals surface area (Å²) in [6, 6.07) is 0. The molecular formula is C82H144NO8P. The number of phosphoric ester groups is 1. The van der Waals surface area contributed by atoms with Crippen LogP contribution in [0.2, 0.25) is 0 Å². The summed E-state index contributed by atoms with van der Waals surface area (Å²) < 4.78 is 33.2. The van der Waals surface area contributed by atoms with Gasteiger partial charge in [0.15, 0.2) is 6.10 Å². The Balaban J connectivity index is 3.88. The van der Waals surface area contributed by atoms with Crippen LogP contribution in [-0.2, 0) is 32.7 Å². The molecule has 530 valence electrons. The van der Waals surface area contributed by atoms with Gasteiger partial charge in [-0.2, -0.15) is 0 Å². The Morgan fingerprint density at radius 1 is 0.337 bits per heavy atom. The fraction of sp³-hybridized carbons (Fsp3) is 0.732. The molecule has 92 heavy (non-hydrogen) atoms. The first-order valence-electron chi connectivity index (χ1n) is 38.5. The van der Waals surface area contributed by atoms with Crippen LogP contribution in [0.4, 0.5) is 0 Å². The minimum Gasteiger partial charge on any atom is -0.462 e. The Morgan fingerprint density at radius 3 is 0.891 bits per heavy atom. The topological polar surface area (TPSA) is 134 Å². The van der Waals surface area contributed by atoms with E-state index in [2.05, 4.69) is 135 Å². The number of allylic oxidation sites excluding steroid dienone is 20. The van der Waals surface area contributed by atoms with Crippen molar-refractivity contribution >= 4 is 19.8 Å². The third-order valence-electron chi connectivity index (χ3n) is 16.6. The molecule has 2 unspecified atom stereocenters. The second-order valence-electron chi connectivity index (χ2n) is 25.5. The van der Waals surface area contributed by atoms with Gasteiger partial charge in [-0.1, -0.05) is 373 Å². The van der Waals surface area contributed by atoms with E-state index < -0.39 is 26.5 Å². The van der Waals surface area contributed by atoms with Crippen LogP contribution in [0, 0.1) is 0 Å². The molecule has 0 aromatic carbocycles. The fourth-order valence-corrected chi connectivity index (χ4v) is 11.7. The van der Waals surface area contributed by atoms with Crippen molar-refractivity contribution in [2.75, 3.05) is 26.4 Å². The maximum Gasteiger partial charge on any atom is 0.472 e. The van der Waals surface area contributed by atoms with E-state index in [9.17, 15) is 19.0 Å². The molecule has 0 saturated heterocycles. The number of phosphoric acid groups is 1. The molecule has 0 aliphatic rings. The van der Waals surface area contributed by atoms with Crippen LogP contribution in [-0.4, -0.2) is 49.3 Å². The highest BCUT2D eigenvalue weighted by molar-refractivity contribution is 7.47. The van der Waals surface area contributed by atoms with Crippen LogP contribution in [0.25, 0.3) is 0 Å². The lowest BCUT2D eigenvalue weighted by Gasteiger charge is -2.19. The largest absolute Gasteiger partial charge is 0.472 e. The van der Waals surface area contributed by atoms with Gasteiger partial charge in [-0.3, -0.25) is 18.6 Å². The quantitative estimate of drug-likeness (QED) is 0.0264. The van der Waals surface area contributed by atoms with Gasteiger partial charge in [0.05, 0.1) is 13.2 Å². The Bertz CT molecular complexity index is 1930. The van der Waals surface area contributed by atoms with Gasteiger partial charge in [0.2, 0.25) is 0 Å². The van der Waals surface area contributed by atoms with E-state index in [4.69, 9.17) is 24.3 Å². The van der Waals surface area contributed by atoms with Gasteiger partial charge in [-0.15, -0.1) is 0 Å². The van der Waals surface area contributed by atoms with Crippen molar-refractivity contribution in [1.29, 1.82) is 0 Å². The Kier molecular flexibility index (Phi) is 73.4. The molecule has 0 radical (unpaired) electrons. The Labute approximate surface area is 568 Å². The number of unbranched alkanes of at least 4 members (excludes halogenated alkanes) is 39. The summed E-state index contributed by atoms with van der Waals surface area (Å²) >= 11 is 0. The van der Waals surface area contributed by atoms with Crippen LogP contribution in [0.1, 0.15) is 354 Å². The summed E-state index contributed by atoms with van der Waals surface area (Å²) in [5, 5.41) is 0. The summed E-state index contributed by atoms with van der Waals surface area (Å²) in [6.45, 7) is 3.67. The monoisotopic (exact) mass is 1300 g/mol. The first kappa shape index (κ1) is 88.4. The molecule has 0 saturated carbocycles. The molecule has 3 N–H and O–H groups in total. The van der Waals surface area contributed by atoms with Crippen molar-refractivity contribution in [2.24, 2.45) is 5.73 Å². The molecule has 0 amide bonds. The fourth-order valence-electron chi connectivity index (χ4n) is 11.0. The molecule has 0 fully saturated rings. The molecule has 0 aliphatic heterocycles. The van der Waals surface area contributed by atoms with E-state index in [0.717, 1.165) is 109 Å². The SMILES string of the molecule is CC/C=C\C/C=C\C/C=C\C/C=C\C/C=C\C/C=C\C/C=C\C/C=C\C/C=C\C/C=C\CCCCCCCCCCCCC(=O)OC(COC(=O)CCCCCCCCCCCCCCCCCCCCCCCCCCCCCCCC)COP(=O)(O)OCCN. The normalized spacial score (nSPS) is 13.6. The predicted octanol–water partition coefficient (Wildman–Crippen LogP) is 25.8. The molecule has 10 heteroatoms. The summed E-state index contributed by atoms with van der Waals surface area (Å²) in [7, 11) is -4.40. The number of nitrogens with two attached hydrogens (primary N) is 1. The third-order valence-corrected chi connectivity index (χ3v) is 17.6. The lowest BCUT2D eigenvalue weighted by atomic mass is 10.0. The van der Waals surface area contributed by atoms with E-state index in [1.807, 2.05) is 0 Å². The van der Waals surface area contributed by atoms with Gasteiger partial charge in [-0.25, -0.2) is 4.57 Å². The number of esters is 2. The predicted molar refractivity (Wildman–Crippen MR) is 399 cm³/mol. The molecule has 0 heterocycles. The standard InChI is InChI=1S/C82H144NO8P/c1-3-5-7-9-11-13-15-17-19-21-23-25-27-29-31-33-35-36-37-38-39-40-41-42-43-44-45-47-49-51-53-55-57-59-61-63-65-67-69-71-73-75-82(85)91-80(79-90-92(86,87)89-77-76-83)78-88-81(84)74-72-70-68-66-64-62-60-58-56-54-52-50-48-46-34-32-30-28-26-24-22-20-18-16-14-12-10-8-6-4-2/h5,7,11,13,17,19,23,25,29,31,35-36,38-39,41-42,44-45,49,51,80H,3-4,6,8-10,12,14-16,18,20-22,24,26-28,30,32-34,37,40,43,46-48,50,52-79,83H2,1-2H3,(H,86,87)/b7-5-,13-11-,19-17-,25-23-,31-29-,36-35-,39-38-,42-41-,45-44-,51-49-. The highest BCUT2D eigenvalue weighted by Gasteiger charge is 2.26. The van der Waals surface area contributed by atoms with Crippen molar-refractivity contribution in [3.05, 3.63) is 122 Å². The number of ether oxygens (including phenoxy) is 2. The van der Waals surface area contributed by atoms with Gasteiger partial charge in [0, 0.05) is 19.4 Å². The molecule has 0 rings (SSSR count). The minimum absolute atomic E-state index is 0.0497. The first-order valence-corrected chi connectivity index (χ1v) is 40.0. The van der Waals surface area contributed by atoms with E-state index >= 15 is 0 Å². The first-order chi connectivity index (χ1) is 45.3. The molecule has 2 atom stereocenters. The van der Waals surface area contributed by atoms with E-state index in [1.54, 1.807) is 0 Å². The van der Waals surface area contributed by atoms with Crippen molar-refractivity contribution in [3.63, 3.8) is 0 Å². The summed E-state index contributed by atoms with van der Waals surface area (Å²) in [4.78, 5) is 35.4. The zero-order valence-electron chi connectivity index (χ0n) is 59.8. The van der Waals surface area contributed by atoms with Crippen LogP contribution in [0.15, 0.2) is 122 Å². The van der Waals surface area contributed by atoms with Crippen molar-refractivity contribution in [3.8, 4) is 0 Å². The van der Waals surface area contributed by atoms with E-state index in [0.29, 0.717) is 6.42 Å². The summed E-state index contributed by atoms with van der Waals surface area (Å²) in [5.41, 5.74) is 5.41. The Hall–Kier alpha value is -3.59. The van der Waals surface area contributed by atoms with Crippen molar-refractivity contribution < 1.29 is 37.6 Å². The van der Waals surface area contributed by atoms with Gasteiger partial charge in [-0.05, 0) is 89.9 Å². The van der Waals surface area contributed by atoms with Gasteiger partial charge >= 0.3 is 19.8 Å². The number of carbonyl (C=O) groups excluding carboxylic acids is 2. The number of hydrogen-bond acceptors (Lipinski definition) is 8. The second-order valence-corrected chi connectivity index (χ2v) is 27.0. The molecule has 9 nitrogen and oxygen atoms in total. The lowest BCUT2D eigenvalue weighted by molar-refractivity contribution is -0.161. The van der Waals surface area contributed by atoms with Crippen molar-refractivity contribution in [1.82, 2.24) is 0 Å². The second kappa shape index (κ2) is 76.4. The Morgan fingerprint density at radius 2 is 0.598 bits per heavy atom. The van der Waals surface area contributed by atoms with Gasteiger partial charge < -0.3 is 20.1 Å². The molecule has 0 bridgehead atoms. The molecular weight excluding hydrogens is 1160 g/mol. The van der Waals surface area contributed by atoms with E-state index in [1.165, 1.54) is 212 Å². The van der Waals surface area contributed by atoms with Crippen LogP contribution < -0.4 is 5.73 Å². The van der Waals surface area contributed by atoms with Crippen molar-refractivity contribution in [2.45, 2.75) is 360 Å². The molecule has 0 spiro atoms. The maximum atomic E-state index is 12.8. The summed E-state index contributed by atoms with van der Waals surface area (Å²) in [6.07, 6.45) is 107. The highest BCUT2D eigenvalue weighted by Crippen LogP contribution is 2.43. The lowest BCUT2D eigenvalue weighted by Crippen LogP contribution is -2.29. The smallest absolute Gasteiger partial charge is 0.462 e. The molecule has 0 aliphatic carbocycles. The third kappa shape index (κ3) is 75.4. The number of rotatable bonds is 72. The zero-order valence-corrected chi connectivity index (χ0v) is 60.7. The average molecular weight is 1300 g/mol. The molecule has 0 aromatic rings. The van der Waals surface area contributed by atoms with Gasteiger partial charge in [0.1, 0.15) is 6.61 Å². The van der Waals surface area contributed by atoms with Crippen LogP contribution >= 0.6 is 7.82 Å². The average Bonchev–Trinajstić information content (AvgIpc) is 2.98. The van der Waals surface area contributed by atoms with Crippen LogP contribution in [0.5, 0.6) is 0 Å². The number of carbonyl (C=O) groups is 2. The minimum atomic E-state index is -4.40. The maximum absolute atomic E-state index is 12.8.